The predicted octanol–water partition coefficient (Wildman–Crippen LogP) is 5.89. The third kappa shape index (κ3) is 4.24. The molecule has 0 atom stereocenters. The molecule has 1 aliphatic heterocycles. The summed E-state index contributed by atoms with van der Waals surface area (Å²) in [5, 5.41) is 0.835. The first-order chi connectivity index (χ1) is 16.7. The maximum atomic E-state index is 12.2. The van der Waals surface area contributed by atoms with Crippen LogP contribution < -0.4 is 18.9 Å². The molecule has 0 unspecified atom stereocenters. The van der Waals surface area contributed by atoms with Crippen LogP contribution in [-0.2, 0) is 17.8 Å². The van der Waals surface area contributed by atoms with Gasteiger partial charge in [0.25, 0.3) is 0 Å². The van der Waals surface area contributed by atoms with Gasteiger partial charge in [0.05, 0.1) is 31.4 Å². The van der Waals surface area contributed by atoms with Crippen molar-refractivity contribution in [2.24, 2.45) is 0 Å². The normalized spacial score (nSPS) is 12.2. The molecule has 3 aromatic carbocycles. The fourth-order valence-electron chi connectivity index (χ4n) is 4.12. The fourth-order valence-corrected chi connectivity index (χ4v) is 4.12. The molecule has 34 heavy (non-hydrogen) atoms. The standard InChI is InChI=1S/C27H25NO6/c1-3-31-27(29)34-26-25(19-9-10-22-18(13-19)11-12-32-22)20-14-23(30-2)24(15-21(20)28-26)33-16-17-7-5-4-6-8-17/h4-10,13-15,28H,3,11-12,16H2,1-2H3. The molecule has 0 saturated heterocycles. The summed E-state index contributed by atoms with van der Waals surface area (Å²) in [4.78, 5) is 15.4. The summed E-state index contributed by atoms with van der Waals surface area (Å²) >= 11 is 0. The summed E-state index contributed by atoms with van der Waals surface area (Å²) < 4.78 is 27.9. The van der Waals surface area contributed by atoms with E-state index in [4.69, 9.17) is 23.7 Å². The highest BCUT2D eigenvalue weighted by Gasteiger charge is 2.22. The summed E-state index contributed by atoms with van der Waals surface area (Å²) in [6.07, 6.45) is 0.0627. The van der Waals surface area contributed by atoms with Crippen molar-refractivity contribution in [1.29, 1.82) is 0 Å². The van der Waals surface area contributed by atoms with Crippen LogP contribution in [0.5, 0.6) is 23.1 Å². The Labute approximate surface area is 197 Å². The van der Waals surface area contributed by atoms with Crippen molar-refractivity contribution in [2.75, 3.05) is 20.3 Å². The zero-order valence-corrected chi connectivity index (χ0v) is 19.1. The van der Waals surface area contributed by atoms with E-state index in [1.807, 2.05) is 54.6 Å². The number of benzene rings is 3. The molecule has 0 amide bonds. The summed E-state index contributed by atoms with van der Waals surface area (Å²) in [5.74, 6) is 2.34. The lowest BCUT2D eigenvalue weighted by Crippen LogP contribution is -2.10. The van der Waals surface area contributed by atoms with E-state index < -0.39 is 6.16 Å². The van der Waals surface area contributed by atoms with Gasteiger partial charge in [-0.3, -0.25) is 0 Å². The largest absolute Gasteiger partial charge is 0.515 e. The lowest BCUT2D eigenvalue weighted by atomic mass is 10.0. The number of rotatable bonds is 7. The van der Waals surface area contributed by atoms with Crippen molar-refractivity contribution in [3.05, 3.63) is 71.8 Å². The molecule has 174 valence electrons. The number of hydrogen-bond acceptors (Lipinski definition) is 6. The molecule has 0 fully saturated rings. The van der Waals surface area contributed by atoms with E-state index in [1.165, 1.54) is 0 Å². The first kappa shape index (κ1) is 21.7. The second-order valence-corrected chi connectivity index (χ2v) is 7.86. The van der Waals surface area contributed by atoms with Crippen molar-refractivity contribution < 1.29 is 28.5 Å². The Morgan fingerprint density at radius 3 is 2.71 bits per heavy atom. The third-order valence-corrected chi connectivity index (χ3v) is 5.71. The van der Waals surface area contributed by atoms with Crippen LogP contribution in [-0.4, -0.2) is 31.5 Å². The lowest BCUT2D eigenvalue weighted by Gasteiger charge is -2.12. The van der Waals surface area contributed by atoms with E-state index in [0.717, 1.165) is 45.3 Å². The smallest absolute Gasteiger partial charge is 0.493 e. The number of ether oxygens (including phenoxy) is 5. The van der Waals surface area contributed by atoms with E-state index in [-0.39, 0.29) is 6.61 Å². The Hall–Kier alpha value is -4.13. The minimum atomic E-state index is -0.771. The number of nitrogens with one attached hydrogen (secondary N) is 1. The van der Waals surface area contributed by atoms with Gasteiger partial charge in [0, 0.05) is 17.9 Å². The van der Waals surface area contributed by atoms with Crippen molar-refractivity contribution in [3.8, 4) is 34.3 Å². The van der Waals surface area contributed by atoms with Crippen LogP contribution in [0.1, 0.15) is 18.1 Å². The van der Waals surface area contributed by atoms with Gasteiger partial charge in [-0.15, -0.1) is 0 Å². The van der Waals surface area contributed by atoms with E-state index in [9.17, 15) is 4.79 Å². The molecule has 0 saturated carbocycles. The van der Waals surface area contributed by atoms with E-state index in [2.05, 4.69) is 11.1 Å². The van der Waals surface area contributed by atoms with Gasteiger partial charge in [-0.1, -0.05) is 36.4 Å². The number of aromatic amines is 1. The number of methoxy groups -OCH3 is 1. The molecule has 4 aromatic rings. The van der Waals surface area contributed by atoms with Gasteiger partial charge in [0.15, 0.2) is 11.5 Å². The fraction of sp³-hybridized carbons (Fsp3) is 0.222. The van der Waals surface area contributed by atoms with Crippen LogP contribution in [0.3, 0.4) is 0 Å². The van der Waals surface area contributed by atoms with Crippen LogP contribution in [0.2, 0.25) is 0 Å². The maximum Gasteiger partial charge on any atom is 0.515 e. The molecule has 0 bridgehead atoms. The number of aromatic nitrogens is 1. The quantitative estimate of drug-likeness (QED) is 0.347. The average Bonchev–Trinajstić information content (AvgIpc) is 3.46. The van der Waals surface area contributed by atoms with E-state index in [0.29, 0.717) is 30.6 Å². The molecule has 1 aliphatic rings. The summed E-state index contributed by atoms with van der Waals surface area (Å²) in [6, 6.07) is 19.6. The number of carbonyl (C=O) groups is 1. The monoisotopic (exact) mass is 459 g/mol. The van der Waals surface area contributed by atoms with Crippen molar-refractivity contribution in [3.63, 3.8) is 0 Å². The SMILES string of the molecule is CCOC(=O)Oc1[nH]c2cc(OCc3ccccc3)c(OC)cc2c1-c1ccc2c(c1)CCO2. The van der Waals surface area contributed by atoms with Gasteiger partial charge in [0.2, 0.25) is 5.88 Å². The Morgan fingerprint density at radius 2 is 1.91 bits per heavy atom. The highest BCUT2D eigenvalue weighted by molar-refractivity contribution is 6.01. The highest BCUT2D eigenvalue weighted by atomic mass is 16.7. The molecule has 7 nitrogen and oxygen atoms in total. The van der Waals surface area contributed by atoms with Crippen LogP contribution in [0.4, 0.5) is 4.79 Å². The Kier molecular flexibility index (Phi) is 5.99. The maximum absolute atomic E-state index is 12.2. The second kappa shape index (κ2) is 9.39. The summed E-state index contributed by atoms with van der Waals surface area (Å²) in [6.45, 7) is 3.01. The molecule has 0 spiro atoms. The van der Waals surface area contributed by atoms with Gasteiger partial charge >= 0.3 is 6.16 Å². The third-order valence-electron chi connectivity index (χ3n) is 5.71. The van der Waals surface area contributed by atoms with Crippen molar-refractivity contribution >= 4 is 17.1 Å². The zero-order chi connectivity index (χ0) is 23.5. The number of carbonyl (C=O) groups excluding carboxylic acids is 1. The van der Waals surface area contributed by atoms with E-state index in [1.54, 1.807) is 14.0 Å². The van der Waals surface area contributed by atoms with Crippen molar-refractivity contribution in [2.45, 2.75) is 20.0 Å². The second-order valence-electron chi connectivity index (χ2n) is 7.86. The minimum absolute atomic E-state index is 0.218. The molecule has 1 N–H and O–H groups in total. The van der Waals surface area contributed by atoms with E-state index >= 15 is 0 Å². The minimum Gasteiger partial charge on any atom is -0.493 e. The van der Waals surface area contributed by atoms with Gasteiger partial charge < -0.3 is 28.7 Å². The van der Waals surface area contributed by atoms with Crippen LogP contribution >= 0.6 is 0 Å². The Bertz CT molecular complexity index is 1330. The van der Waals surface area contributed by atoms with Gasteiger partial charge in [-0.25, -0.2) is 4.79 Å². The Morgan fingerprint density at radius 1 is 1.06 bits per heavy atom. The number of H-pyrrole nitrogens is 1. The van der Waals surface area contributed by atoms with Gasteiger partial charge in [-0.2, -0.15) is 0 Å². The van der Waals surface area contributed by atoms with Crippen LogP contribution in [0.25, 0.3) is 22.0 Å². The van der Waals surface area contributed by atoms with Gasteiger partial charge in [-0.05, 0) is 41.8 Å². The van der Waals surface area contributed by atoms with Crippen LogP contribution in [0.15, 0.2) is 60.7 Å². The first-order valence-electron chi connectivity index (χ1n) is 11.2. The number of fused-ring (bicyclic) bond motifs is 2. The molecule has 1 aromatic heterocycles. The predicted molar refractivity (Wildman–Crippen MR) is 128 cm³/mol. The molecular formula is C27H25NO6. The topological polar surface area (TPSA) is 79.0 Å². The lowest BCUT2D eigenvalue weighted by molar-refractivity contribution is 0.103. The van der Waals surface area contributed by atoms with Gasteiger partial charge in [0.1, 0.15) is 12.4 Å². The van der Waals surface area contributed by atoms with Crippen LogP contribution in [0, 0.1) is 0 Å². The molecule has 2 heterocycles. The molecule has 0 aliphatic carbocycles. The Balaban J connectivity index is 1.58. The highest BCUT2D eigenvalue weighted by Crippen LogP contribution is 2.44. The molecular weight excluding hydrogens is 434 g/mol. The van der Waals surface area contributed by atoms with Crippen molar-refractivity contribution in [1.82, 2.24) is 4.98 Å². The first-order valence-corrected chi connectivity index (χ1v) is 11.2. The molecule has 7 heteroatoms. The summed E-state index contributed by atoms with van der Waals surface area (Å²) in [7, 11) is 1.60. The number of hydrogen-bond donors (Lipinski definition) is 1. The summed E-state index contributed by atoms with van der Waals surface area (Å²) in [5.41, 5.74) is 4.54. The molecule has 5 rings (SSSR count). The average molecular weight is 459 g/mol. The zero-order valence-electron chi connectivity index (χ0n) is 19.1. The molecule has 0 radical (unpaired) electrons.